The van der Waals surface area contributed by atoms with Gasteiger partial charge in [-0.15, -0.1) is 0 Å². The highest BCUT2D eigenvalue weighted by atomic mass is 16.6. The van der Waals surface area contributed by atoms with Crippen molar-refractivity contribution in [2.45, 2.75) is 37.8 Å². The Morgan fingerprint density at radius 3 is 1.60 bits per heavy atom. The molecule has 0 spiro atoms. The van der Waals surface area contributed by atoms with Gasteiger partial charge in [-0.05, 0) is 44.5 Å². The van der Waals surface area contributed by atoms with E-state index in [4.69, 9.17) is 42.6 Å². The molecule has 2 saturated heterocycles. The van der Waals surface area contributed by atoms with Gasteiger partial charge in [0, 0.05) is 18.7 Å². The van der Waals surface area contributed by atoms with E-state index in [-0.39, 0.29) is 24.0 Å². The summed E-state index contributed by atoms with van der Waals surface area (Å²) >= 11 is 0. The van der Waals surface area contributed by atoms with Crippen LogP contribution in [0.2, 0.25) is 0 Å². The van der Waals surface area contributed by atoms with Gasteiger partial charge in [0.1, 0.15) is 6.04 Å². The first-order valence-corrected chi connectivity index (χ1v) is 18.6. The fourth-order valence-corrected chi connectivity index (χ4v) is 5.80. The summed E-state index contributed by atoms with van der Waals surface area (Å²) in [7, 11) is 0. The van der Waals surface area contributed by atoms with Crippen LogP contribution in [0.1, 0.15) is 46.4 Å². The van der Waals surface area contributed by atoms with E-state index in [9.17, 15) is 19.2 Å². The monoisotopic (exact) mass is 752 g/mol. The molecule has 3 N–H and O–H groups in total. The molecule has 1 unspecified atom stereocenters. The fraction of sp³-hybridized carbons (Fsp3) is 0.722. The Morgan fingerprint density at radius 2 is 1.09 bits per heavy atom. The zero-order valence-corrected chi connectivity index (χ0v) is 30.6. The van der Waals surface area contributed by atoms with E-state index < -0.39 is 29.7 Å². The van der Waals surface area contributed by atoms with E-state index in [1.807, 2.05) is 0 Å². The van der Waals surface area contributed by atoms with Crippen LogP contribution in [0.25, 0.3) is 0 Å². The Labute approximate surface area is 310 Å². The van der Waals surface area contributed by atoms with Crippen LogP contribution in [0.5, 0.6) is 0 Å². The maximum absolute atomic E-state index is 13.1. The Hall–Kier alpha value is -3.10. The number of carbonyl (C=O) groups is 4. The Balaban J connectivity index is 0.856. The first-order valence-electron chi connectivity index (χ1n) is 18.6. The number of carbonyl (C=O) groups excluding carboxylic acids is 4. The summed E-state index contributed by atoms with van der Waals surface area (Å²) in [5.41, 5.74) is 0.916. The van der Waals surface area contributed by atoms with Crippen molar-refractivity contribution in [3.8, 4) is 0 Å². The molecule has 0 radical (unpaired) electrons. The fourth-order valence-electron chi connectivity index (χ4n) is 5.80. The number of amides is 4. The molecule has 298 valence electrons. The number of ether oxygens (including phenoxy) is 9. The van der Waals surface area contributed by atoms with E-state index in [0.717, 1.165) is 30.8 Å². The molecule has 1 atom stereocenters. The highest BCUT2D eigenvalue weighted by Gasteiger charge is 2.45. The van der Waals surface area contributed by atoms with Crippen LogP contribution in [0.15, 0.2) is 18.2 Å². The van der Waals surface area contributed by atoms with E-state index in [1.165, 1.54) is 0 Å². The van der Waals surface area contributed by atoms with Gasteiger partial charge in [0.2, 0.25) is 11.8 Å². The predicted molar refractivity (Wildman–Crippen MR) is 190 cm³/mol. The maximum Gasteiger partial charge on any atom is 0.264 e. The van der Waals surface area contributed by atoms with Crippen molar-refractivity contribution in [1.82, 2.24) is 15.5 Å². The van der Waals surface area contributed by atoms with Crippen molar-refractivity contribution in [3.05, 3.63) is 29.3 Å². The van der Waals surface area contributed by atoms with Crippen LogP contribution >= 0.6 is 0 Å². The Kier molecular flexibility index (Phi) is 20.8. The second-order valence-corrected chi connectivity index (χ2v) is 12.3. The minimum absolute atomic E-state index is 0.0681. The number of nitrogens with one attached hydrogen (secondary N) is 3. The number of hydrogen-bond acceptors (Lipinski definition) is 15. The molecular weight excluding hydrogens is 696 g/mol. The van der Waals surface area contributed by atoms with Gasteiger partial charge in [-0.3, -0.25) is 29.4 Å². The number of rotatable bonds is 30. The second-order valence-electron chi connectivity index (χ2n) is 12.3. The van der Waals surface area contributed by atoms with Gasteiger partial charge in [0.25, 0.3) is 11.8 Å². The van der Waals surface area contributed by atoms with Gasteiger partial charge in [-0.25, -0.2) is 0 Å². The van der Waals surface area contributed by atoms with Crippen LogP contribution in [0.3, 0.4) is 0 Å². The average Bonchev–Trinajstić information content (AvgIpc) is 3.42. The lowest BCUT2D eigenvalue weighted by molar-refractivity contribution is -0.136. The molecule has 0 aliphatic carbocycles. The Morgan fingerprint density at radius 1 is 0.604 bits per heavy atom. The predicted octanol–water partition coefficient (Wildman–Crippen LogP) is 0.401. The van der Waals surface area contributed by atoms with Crippen LogP contribution < -0.4 is 16.0 Å². The van der Waals surface area contributed by atoms with Gasteiger partial charge >= 0.3 is 0 Å². The summed E-state index contributed by atoms with van der Waals surface area (Å²) < 4.78 is 49.9. The van der Waals surface area contributed by atoms with Gasteiger partial charge in [0.05, 0.1) is 130 Å². The topological polar surface area (TPSA) is 191 Å². The quantitative estimate of drug-likeness (QED) is 0.0723. The van der Waals surface area contributed by atoms with Gasteiger partial charge in [-0.1, -0.05) is 6.07 Å². The molecule has 4 amide bonds. The first-order chi connectivity index (χ1) is 26.1. The molecule has 1 aromatic rings. The lowest BCUT2D eigenvalue weighted by atomic mass is 10.0. The van der Waals surface area contributed by atoms with Crippen molar-refractivity contribution in [2.24, 2.45) is 0 Å². The normalized spacial score (nSPS) is 17.8. The summed E-state index contributed by atoms with van der Waals surface area (Å²) in [6, 6.07) is 3.91. The number of benzene rings is 1. The van der Waals surface area contributed by atoms with Crippen molar-refractivity contribution < 1.29 is 61.8 Å². The number of imide groups is 2. The average molecular weight is 753 g/mol. The Bertz CT molecular complexity index is 1250. The molecule has 53 heavy (non-hydrogen) atoms. The standard InChI is InChI=1S/C36H56N4O13/c41-32-5-4-31(34(42)39-32)40-35(43)29-2-1-3-30(33(29)36(40)44)38-10-11-45-12-13-46-14-15-47-16-17-48-18-19-49-20-21-50-22-23-51-24-25-52-26-27-53-28-6-8-37-9-7-28/h1-3,28,31,37-38H,4-27H2,(H,39,41,42). The zero-order valence-electron chi connectivity index (χ0n) is 30.6. The summed E-state index contributed by atoms with van der Waals surface area (Å²) in [5, 5.41) is 8.66. The summed E-state index contributed by atoms with van der Waals surface area (Å²) in [6.45, 7) is 10.6. The van der Waals surface area contributed by atoms with Crippen molar-refractivity contribution in [3.63, 3.8) is 0 Å². The molecule has 17 heteroatoms. The third-order valence-electron chi connectivity index (χ3n) is 8.50. The molecule has 3 aliphatic rings. The highest BCUT2D eigenvalue weighted by Crippen LogP contribution is 2.32. The van der Waals surface area contributed by atoms with Gasteiger partial charge < -0.3 is 53.3 Å². The largest absolute Gasteiger partial charge is 0.382 e. The van der Waals surface area contributed by atoms with E-state index >= 15 is 0 Å². The van der Waals surface area contributed by atoms with E-state index in [0.29, 0.717) is 131 Å². The molecule has 0 aromatic heterocycles. The lowest BCUT2D eigenvalue weighted by Gasteiger charge is -2.27. The summed E-state index contributed by atoms with van der Waals surface area (Å²) in [6.07, 6.45) is 2.66. The minimum Gasteiger partial charge on any atom is -0.382 e. The molecule has 3 heterocycles. The van der Waals surface area contributed by atoms with Crippen molar-refractivity contribution in [1.29, 1.82) is 0 Å². The summed E-state index contributed by atoms with van der Waals surface area (Å²) in [5.74, 6) is -2.16. The maximum atomic E-state index is 13.1. The first kappa shape index (κ1) is 42.6. The minimum atomic E-state index is -1.01. The third kappa shape index (κ3) is 15.7. The van der Waals surface area contributed by atoms with Gasteiger partial charge in [-0.2, -0.15) is 0 Å². The van der Waals surface area contributed by atoms with Crippen LogP contribution in [0, 0.1) is 0 Å². The van der Waals surface area contributed by atoms with Gasteiger partial charge in [0.15, 0.2) is 0 Å². The molecule has 0 saturated carbocycles. The van der Waals surface area contributed by atoms with E-state index in [2.05, 4.69) is 16.0 Å². The molecule has 4 rings (SSSR count). The molecular formula is C36H56N4O13. The number of nitrogens with zero attached hydrogens (tertiary/aromatic N) is 1. The number of fused-ring (bicyclic) bond motifs is 1. The lowest BCUT2D eigenvalue weighted by Crippen LogP contribution is -2.54. The highest BCUT2D eigenvalue weighted by molar-refractivity contribution is 6.25. The number of hydrogen-bond donors (Lipinski definition) is 3. The van der Waals surface area contributed by atoms with Crippen molar-refractivity contribution in [2.75, 3.05) is 137 Å². The van der Waals surface area contributed by atoms with Crippen LogP contribution in [-0.2, 0) is 52.2 Å². The second kappa shape index (κ2) is 25.8. The number of piperidine rings is 2. The molecule has 17 nitrogen and oxygen atoms in total. The molecule has 2 fully saturated rings. The third-order valence-corrected chi connectivity index (χ3v) is 8.50. The number of anilines is 1. The molecule has 0 bridgehead atoms. The molecule has 1 aromatic carbocycles. The van der Waals surface area contributed by atoms with Crippen molar-refractivity contribution >= 4 is 29.3 Å². The van der Waals surface area contributed by atoms with E-state index in [1.54, 1.807) is 18.2 Å². The molecule has 3 aliphatic heterocycles. The van der Waals surface area contributed by atoms with Crippen LogP contribution in [0.4, 0.5) is 5.69 Å². The summed E-state index contributed by atoms with van der Waals surface area (Å²) in [4.78, 5) is 50.8. The smallest absolute Gasteiger partial charge is 0.264 e. The zero-order chi connectivity index (χ0) is 37.4. The SMILES string of the molecule is O=C1CCC(N2C(=O)c3cccc(NCCOCCOCCOCCOCCOCCOCCOCCOCCOC4CCNCC4)c3C2=O)C(=O)N1. The van der Waals surface area contributed by atoms with Crippen LogP contribution in [-0.4, -0.2) is 173 Å².